The zero-order chi connectivity index (χ0) is 31.2. The lowest BCUT2D eigenvalue weighted by Crippen LogP contribution is -2.42. The molecule has 5 aromatic rings. The zero-order valence-electron chi connectivity index (χ0n) is 24.4. The molecule has 1 amide bonds. The van der Waals surface area contributed by atoms with E-state index in [-0.39, 0.29) is 29.5 Å². The van der Waals surface area contributed by atoms with E-state index in [2.05, 4.69) is 10.3 Å². The van der Waals surface area contributed by atoms with Crippen LogP contribution in [0.2, 0.25) is 0 Å². The summed E-state index contributed by atoms with van der Waals surface area (Å²) in [7, 11) is -4.07. The third-order valence-corrected chi connectivity index (χ3v) is 10.1. The van der Waals surface area contributed by atoms with Crippen molar-refractivity contribution in [1.29, 1.82) is 0 Å². The van der Waals surface area contributed by atoms with Crippen molar-refractivity contribution in [3.63, 3.8) is 0 Å². The minimum atomic E-state index is -4.07. The second-order valence-electron chi connectivity index (χ2n) is 11.1. The van der Waals surface area contributed by atoms with Crippen LogP contribution in [0, 0.1) is 20.8 Å². The molecular formula is C34H31N3O6S. The Kier molecular flexibility index (Phi) is 7.46. The molecular weight excluding hydrogens is 578 g/mol. The summed E-state index contributed by atoms with van der Waals surface area (Å²) in [6, 6.07) is 21.4. The van der Waals surface area contributed by atoms with Crippen LogP contribution >= 0.6 is 0 Å². The third-order valence-electron chi connectivity index (χ3n) is 8.09. The molecule has 9 nitrogen and oxygen atoms in total. The Bertz CT molecular complexity index is 1980. The lowest BCUT2D eigenvalue weighted by atomic mass is 9.98. The number of nitrogens with zero attached hydrogens (tertiary/aromatic N) is 2. The Morgan fingerprint density at radius 3 is 2.18 bits per heavy atom. The number of benzene rings is 3. The number of carbonyl (C=O) groups excluding carboxylic acids is 1. The Hall–Kier alpha value is -4.96. The normalized spacial score (nSPS) is 13.3. The summed E-state index contributed by atoms with van der Waals surface area (Å²) in [5, 5.41) is 13.0. The molecule has 0 fully saturated rings. The monoisotopic (exact) mass is 609 g/mol. The van der Waals surface area contributed by atoms with Crippen molar-refractivity contribution < 1.29 is 27.9 Å². The van der Waals surface area contributed by atoms with Gasteiger partial charge in [0.25, 0.3) is 10.0 Å². The number of rotatable bonds is 8. The van der Waals surface area contributed by atoms with Crippen molar-refractivity contribution in [2.45, 2.75) is 44.0 Å². The maximum Gasteiger partial charge on any atom is 0.407 e. The van der Waals surface area contributed by atoms with E-state index in [1.165, 1.54) is 12.4 Å². The number of carboxylic acid groups (broad SMARTS) is 1. The zero-order valence-corrected chi connectivity index (χ0v) is 25.3. The van der Waals surface area contributed by atoms with Crippen molar-refractivity contribution in [2.75, 3.05) is 6.61 Å². The number of carbonyl (C=O) groups is 2. The number of pyridine rings is 1. The molecule has 0 bridgehead atoms. The fourth-order valence-electron chi connectivity index (χ4n) is 6.32. The highest BCUT2D eigenvalue weighted by molar-refractivity contribution is 7.90. The first kappa shape index (κ1) is 29.1. The van der Waals surface area contributed by atoms with E-state index < -0.39 is 28.1 Å². The van der Waals surface area contributed by atoms with Gasteiger partial charge in [-0.3, -0.25) is 0 Å². The minimum Gasteiger partial charge on any atom is -0.480 e. The fraction of sp³-hybridized carbons (Fsp3) is 0.206. The van der Waals surface area contributed by atoms with Gasteiger partial charge in [0.2, 0.25) is 0 Å². The SMILES string of the molecule is Cc1cc(C)c(S(=O)(=O)n2cc(C[C@H](NC(=O)OCC3c4ccccc4-c4ccccc43)C(=O)O)c3cccnc32)c(C)c1. The molecule has 1 aliphatic carbocycles. The molecule has 224 valence electrons. The van der Waals surface area contributed by atoms with Crippen LogP contribution in [0.15, 0.2) is 90.1 Å². The van der Waals surface area contributed by atoms with Gasteiger partial charge < -0.3 is 15.2 Å². The second-order valence-corrected chi connectivity index (χ2v) is 12.9. The number of alkyl carbamates (subject to hydrolysis) is 1. The number of aryl methyl sites for hydroxylation is 3. The minimum absolute atomic E-state index is 0.0307. The van der Waals surface area contributed by atoms with E-state index in [1.54, 1.807) is 38.1 Å². The highest BCUT2D eigenvalue weighted by Gasteiger charge is 2.31. The molecule has 0 saturated carbocycles. The van der Waals surface area contributed by atoms with Gasteiger partial charge in [-0.15, -0.1) is 0 Å². The first-order chi connectivity index (χ1) is 21.1. The molecule has 0 spiro atoms. The van der Waals surface area contributed by atoms with Crippen molar-refractivity contribution in [3.05, 3.63) is 119 Å². The number of fused-ring (bicyclic) bond motifs is 4. The van der Waals surface area contributed by atoms with E-state index in [0.717, 1.165) is 31.8 Å². The van der Waals surface area contributed by atoms with Gasteiger partial charge in [-0.1, -0.05) is 66.2 Å². The van der Waals surface area contributed by atoms with Crippen LogP contribution in [0.5, 0.6) is 0 Å². The molecule has 44 heavy (non-hydrogen) atoms. The van der Waals surface area contributed by atoms with Crippen LogP contribution in [-0.4, -0.2) is 47.2 Å². The summed E-state index contributed by atoms with van der Waals surface area (Å²) in [5.74, 6) is -1.46. The van der Waals surface area contributed by atoms with Gasteiger partial charge in [0.1, 0.15) is 12.6 Å². The molecule has 0 unspecified atom stereocenters. The Labute approximate surface area is 255 Å². The topological polar surface area (TPSA) is 128 Å². The van der Waals surface area contributed by atoms with Crippen LogP contribution in [0.3, 0.4) is 0 Å². The highest BCUT2D eigenvalue weighted by Crippen LogP contribution is 2.44. The maximum absolute atomic E-state index is 13.9. The number of hydrogen-bond donors (Lipinski definition) is 2. The summed E-state index contributed by atoms with van der Waals surface area (Å²) >= 11 is 0. The number of aliphatic carboxylic acids is 1. The van der Waals surface area contributed by atoms with E-state index >= 15 is 0 Å². The molecule has 6 rings (SSSR count). The maximum atomic E-state index is 13.9. The van der Waals surface area contributed by atoms with Gasteiger partial charge >= 0.3 is 12.1 Å². The number of ether oxygens (including phenoxy) is 1. The average molecular weight is 610 g/mol. The first-order valence-corrected chi connectivity index (χ1v) is 15.6. The molecule has 2 heterocycles. The summed E-state index contributed by atoms with van der Waals surface area (Å²) in [6.45, 7) is 5.41. The van der Waals surface area contributed by atoms with Crippen LogP contribution < -0.4 is 5.32 Å². The third kappa shape index (κ3) is 5.11. The second kappa shape index (κ2) is 11.3. The molecule has 2 aromatic heterocycles. The van der Waals surface area contributed by atoms with Crippen LogP contribution in [0.25, 0.3) is 22.2 Å². The van der Waals surface area contributed by atoms with Crippen LogP contribution in [-0.2, 0) is 26.0 Å². The summed E-state index contributed by atoms with van der Waals surface area (Å²) < 4.78 is 34.5. The van der Waals surface area contributed by atoms with Crippen molar-refractivity contribution in [1.82, 2.24) is 14.3 Å². The van der Waals surface area contributed by atoms with Crippen molar-refractivity contribution >= 4 is 33.1 Å². The van der Waals surface area contributed by atoms with E-state index in [9.17, 15) is 23.1 Å². The smallest absolute Gasteiger partial charge is 0.407 e. The van der Waals surface area contributed by atoms with Gasteiger partial charge in [0.05, 0.1) is 4.90 Å². The number of aromatic nitrogens is 2. The standard InChI is InChI=1S/C34H31N3O6S/c1-20-15-21(2)31(22(3)16-20)44(41,42)37-18-23(24-13-8-14-35-32(24)37)17-30(33(38)39)36-34(40)43-19-29-27-11-6-4-9-25(27)26-10-5-7-12-28(26)29/h4-16,18,29-30H,17,19H2,1-3H3,(H,36,40)(H,38,39)/t30-/m0/s1. The summed E-state index contributed by atoms with van der Waals surface area (Å²) in [6.07, 6.45) is 1.81. The van der Waals surface area contributed by atoms with Crippen molar-refractivity contribution in [2.24, 2.45) is 0 Å². The van der Waals surface area contributed by atoms with Crippen LogP contribution in [0.1, 0.15) is 39.3 Å². The van der Waals surface area contributed by atoms with Gasteiger partial charge in [0, 0.05) is 30.1 Å². The molecule has 1 aliphatic rings. The van der Waals surface area contributed by atoms with E-state index in [4.69, 9.17) is 4.74 Å². The lowest BCUT2D eigenvalue weighted by molar-refractivity contribution is -0.139. The molecule has 0 saturated heterocycles. The average Bonchev–Trinajstić information content (AvgIpc) is 3.51. The Morgan fingerprint density at radius 2 is 1.57 bits per heavy atom. The first-order valence-electron chi connectivity index (χ1n) is 14.2. The quantitative estimate of drug-likeness (QED) is 0.230. The van der Waals surface area contributed by atoms with Gasteiger partial charge in [-0.25, -0.2) is 27.0 Å². The van der Waals surface area contributed by atoms with Gasteiger partial charge in [0.15, 0.2) is 5.65 Å². The molecule has 10 heteroatoms. The number of nitrogens with one attached hydrogen (secondary N) is 1. The Morgan fingerprint density at radius 1 is 0.955 bits per heavy atom. The lowest BCUT2D eigenvalue weighted by Gasteiger charge is -2.17. The number of hydrogen-bond acceptors (Lipinski definition) is 6. The van der Waals surface area contributed by atoms with Crippen molar-refractivity contribution in [3.8, 4) is 11.1 Å². The predicted molar refractivity (Wildman–Crippen MR) is 166 cm³/mol. The van der Waals surface area contributed by atoms with E-state index in [0.29, 0.717) is 22.1 Å². The fourth-order valence-corrected chi connectivity index (χ4v) is 8.08. The largest absolute Gasteiger partial charge is 0.480 e. The summed E-state index contributed by atoms with van der Waals surface area (Å²) in [5.41, 5.74) is 6.96. The number of amides is 1. The predicted octanol–water partition coefficient (Wildman–Crippen LogP) is 5.73. The van der Waals surface area contributed by atoms with Crippen LogP contribution in [0.4, 0.5) is 4.79 Å². The Balaban J connectivity index is 1.24. The summed E-state index contributed by atoms with van der Waals surface area (Å²) in [4.78, 5) is 29.7. The number of carboxylic acids is 1. The van der Waals surface area contributed by atoms with E-state index in [1.807, 2.05) is 55.5 Å². The molecule has 3 aromatic carbocycles. The molecule has 0 radical (unpaired) electrons. The van der Waals surface area contributed by atoms with Gasteiger partial charge in [-0.2, -0.15) is 0 Å². The molecule has 2 N–H and O–H groups in total. The molecule has 0 aliphatic heterocycles. The molecule has 1 atom stereocenters. The highest BCUT2D eigenvalue weighted by atomic mass is 32.2. The van der Waals surface area contributed by atoms with Gasteiger partial charge in [-0.05, 0) is 71.8 Å².